The van der Waals surface area contributed by atoms with Crippen molar-refractivity contribution in [1.29, 1.82) is 0 Å². The van der Waals surface area contributed by atoms with Crippen LogP contribution in [0.2, 0.25) is 0 Å². The van der Waals surface area contributed by atoms with E-state index >= 15 is 0 Å². The lowest BCUT2D eigenvalue weighted by atomic mass is 10.0. The summed E-state index contributed by atoms with van der Waals surface area (Å²) in [6, 6.07) is 0.705. The van der Waals surface area contributed by atoms with Crippen LogP contribution in [0.3, 0.4) is 0 Å². The second-order valence-corrected chi connectivity index (χ2v) is 8.50. The average molecular weight is 536 g/mol. The number of rotatable bonds is 14. The molecular weight excluding hydrogens is 506 g/mol. The van der Waals surface area contributed by atoms with Gasteiger partial charge in [0.1, 0.15) is 23.9 Å². The minimum atomic E-state index is -1.34. The Morgan fingerprint density at radius 1 is 0.946 bits per heavy atom. The van der Waals surface area contributed by atoms with E-state index in [1.54, 1.807) is 0 Å². The third kappa shape index (κ3) is 9.46. The molecule has 0 saturated heterocycles. The zero-order chi connectivity index (χ0) is 27.5. The Morgan fingerprint density at radius 3 is 2.08 bits per heavy atom. The van der Waals surface area contributed by atoms with Crippen LogP contribution in [0.5, 0.6) is 5.75 Å². The molecule has 1 aromatic carbocycles. The third-order valence-electron chi connectivity index (χ3n) is 5.18. The van der Waals surface area contributed by atoms with Crippen molar-refractivity contribution in [3.8, 4) is 5.75 Å². The van der Waals surface area contributed by atoms with Gasteiger partial charge in [-0.3, -0.25) is 19.2 Å². The molecule has 10 N–H and O–H groups in total. The lowest BCUT2D eigenvalue weighted by Gasteiger charge is -2.24. The molecule has 37 heavy (non-hydrogen) atoms. The Kier molecular flexibility index (Phi) is 10.9. The summed E-state index contributed by atoms with van der Waals surface area (Å²) in [5, 5.41) is 26.3. The summed E-state index contributed by atoms with van der Waals surface area (Å²) in [6.45, 7) is 0. The summed E-state index contributed by atoms with van der Waals surface area (Å²) in [4.78, 5) is 67.7. The number of imidazole rings is 1. The number of carbonyl (C=O) groups is 5. The smallest absolute Gasteiger partial charge is 0.326 e. The summed E-state index contributed by atoms with van der Waals surface area (Å²) >= 11 is 4.06. The maximum atomic E-state index is 13.1. The quantitative estimate of drug-likeness (QED) is 0.117. The van der Waals surface area contributed by atoms with E-state index < -0.39 is 60.2 Å². The van der Waals surface area contributed by atoms with Gasteiger partial charge in [0.05, 0.1) is 18.8 Å². The van der Waals surface area contributed by atoms with Crippen molar-refractivity contribution in [2.45, 2.75) is 43.4 Å². The zero-order valence-electron chi connectivity index (χ0n) is 19.6. The minimum absolute atomic E-state index is 0.00316. The number of nitrogens with one attached hydrogen (secondary N) is 4. The number of carboxylic acid groups (broad SMARTS) is 1. The monoisotopic (exact) mass is 535 g/mol. The molecule has 4 unspecified atom stereocenters. The fraction of sp³-hybridized carbons (Fsp3) is 0.364. The third-order valence-corrected chi connectivity index (χ3v) is 5.54. The SMILES string of the molecule is NC(=O)CC(N)C(=O)NC(CS)C(=O)NC(Cc1cnc[nH]1)C(=O)NC(Cc1ccc(O)cc1)C(=O)O. The summed E-state index contributed by atoms with van der Waals surface area (Å²) in [5.41, 5.74) is 11.7. The number of nitrogens with zero attached hydrogens (tertiary/aromatic N) is 1. The first-order chi connectivity index (χ1) is 17.5. The molecule has 0 saturated carbocycles. The molecule has 0 spiro atoms. The molecule has 1 heterocycles. The Bertz CT molecular complexity index is 1100. The summed E-state index contributed by atoms with van der Waals surface area (Å²) in [7, 11) is 0. The fourth-order valence-corrected chi connectivity index (χ4v) is 3.48. The highest BCUT2D eigenvalue weighted by molar-refractivity contribution is 7.80. The highest BCUT2D eigenvalue weighted by Gasteiger charge is 2.30. The van der Waals surface area contributed by atoms with Crippen LogP contribution in [-0.2, 0) is 36.8 Å². The first-order valence-electron chi connectivity index (χ1n) is 11.0. The number of carbonyl (C=O) groups excluding carboxylic acids is 4. The summed E-state index contributed by atoms with van der Waals surface area (Å²) < 4.78 is 0. The first kappa shape index (κ1) is 29.1. The molecule has 4 atom stereocenters. The Balaban J connectivity index is 2.15. The number of phenolic OH excluding ortho intramolecular Hbond substituents is 1. The van der Waals surface area contributed by atoms with Gasteiger partial charge in [0.2, 0.25) is 23.6 Å². The lowest BCUT2D eigenvalue weighted by molar-refractivity contribution is -0.142. The van der Waals surface area contributed by atoms with E-state index in [2.05, 4.69) is 38.5 Å². The van der Waals surface area contributed by atoms with Crippen LogP contribution < -0.4 is 27.4 Å². The van der Waals surface area contributed by atoms with Crippen LogP contribution in [0.25, 0.3) is 0 Å². The number of hydrogen-bond acceptors (Lipinski definition) is 9. The van der Waals surface area contributed by atoms with E-state index in [4.69, 9.17) is 11.5 Å². The lowest BCUT2D eigenvalue weighted by Crippen LogP contribution is -2.58. The number of aromatic hydroxyl groups is 1. The van der Waals surface area contributed by atoms with Gasteiger partial charge in [0, 0.05) is 30.5 Å². The van der Waals surface area contributed by atoms with Crippen molar-refractivity contribution in [3.05, 3.63) is 48.0 Å². The van der Waals surface area contributed by atoms with Crippen molar-refractivity contribution < 1.29 is 34.2 Å². The van der Waals surface area contributed by atoms with Crippen LogP contribution in [0.4, 0.5) is 0 Å². The van der Waals surface area contributed by atoms with Crippen LogP contribution in [0.15, 0.2) is 36.8 Å². The molecule has 0 bridgehead atoms. The van der Waals surface area contributed by atoms with Gasteiger partial charge in [-0.1, -0.05) is 12.1 Å². The number of amides is 4. The topological polar surface area (TPSA) is 243 Å². The molecule has 2 aromatic rings. The molecule has 200 valence electrons. The number of aliphatic carboxylic acids is 1. The number of phenols is 1. The van der Waals surface area contributed by atoms with Crippen LogP contribution in [0.1, 0.15) is 17.7 Å². The number of primary amides is 1. The predicted molar refractivity (Wildman–Crippen MR) is 133 cm³/mol. The second-order valence-electron chi connectivity index (χ2n) is 8.13. The minimum Gasteiger partial charge on any atom is -0.508 e. The molecule has 0 radical (unpaired) electrons. The molecule has 14 nitrogen and oxygen atoms in total. The molecule has 1 aromatic heterocycles. The molecule has 0 fully saturated rings. The van der Waals surface area contributed by atoms with E-state index in [1.807, 2.05) is 0 Å². The zero-order valence-corrected chi connectivity index (χ0v) is 20.5. The highest BCUT2D eigenvalue weighted by Crippen LogP contribution is 2.12. The molecule has 0 aliphatic rings. The van der Waals surface area contributed by atoms with E-state index in [9.17, 15) is 34.2 Å². The average Bonchev–Trinajstić information content (AvgIpc) is 3.35. The number of benzene rings is 1. The van der Waals surface area contributed by atoms with Gasteiger partial charge in [-0.05, 0) is 17.7 Å². The van der Waals surface area contributed by atoms with Crippen molar-refractivity contribution in [2.24, 2.45) is 11.5 Å². The standard InChI is InChI=1S/C22H29N7O7S/c23-14(7-18(24)31)19(32)29-17(9-37)21(34)27-15(6-12-8-25-10-26-12)20(33)28-16(22(35)36)5-11-1-3-13(30)4-2-11/h1-4,8,10,14-17,30,37H,5-7,9,23H2,(H2,24,31)(H,25,26)(H,27,34)(H,28,33)(H,29,32)(H,35,36). The van der Waals surface area contributed by atoms with E-state index in [0.717, 1.165) is 0 Å². The van der Waals surface area contributed by atoms with E-state index in [0.29, 0.717) is 11.3 Å². The Morgan fingerprint density at radius 2 is 1.54 bits per heavy atom. The van der Waals surface area contributed by atoms with Crippen LogP contribution in [-0.4, -0.2) is 79.7 Å². The van der Waals surface area contributed by atoms with Gasteiger partial charge < -0.3 is 42.6 Å². The van der Waals surface area contributed by atoms with Gasteiger partial charge in [-0.15, -0.1) is 0 Å². The maximum Gasteiger partial charge on any atom is 0.326 e. The predicted octanol–water partition coefficient (Wildman–Crippen LogP) is -2.43. The van der Waals surface area contributed by atoms with E-state index in [1.165, 1.54) is 36.8 Å². The largest absolute Gasteiger partial charge is 0.508 e. The molecule has 0 aliphatic carbocycles. The molecule has 2 rings (SSSR count). The molecule has 4 amide bonds. The number of thiol groups is 1. The molecule has 15 heteroatoms. The van der Waals surface area contributed by atoms with Gasteiger partial charge >= 0.3 is 5.97 Å². The maximum absolute atomic E-state index is 13.1. The van der Waals surface area contributed by atoms with Crippen LogP contribution in [0, 0.1) is 0 Å². The van der Waals surface area contributed by atoms with Crippen molar-refractivity contribution in [2.75, 3.05) is 5.75 Å². The highest BCUT2D eigenvalue weighted by atomic mass is 32.1. The van der Waals surface area contributed by atoms with Gasteiger partial charge in [-0.2, -0.15) is 12.6 Å². The number of aromatic nitrogens is 2. The Labute approximate surface area is 217 Å². The van der Waals surface area contributed by atoms with Gasteiger partial charge in [0.25, 0.3) is 0 Å². The first-order valence-corrected chi connectivity index (χ1v) is 11.7. The summed E-state index contributed by atoms with van der Waals surface area (Å²) in [5.74, 6) is -4.69. The van der Waals surface area contributed by atoms with Crippen LogP contribution >= 0.6 is 12.6 Å². The molecular formula is C22H29N7O7S. The number of nitrogens with two attached hydrogens (primary N) is 2. The number of hydrogen-bond donors (Lipinski definition) is 9. The fourth-order valence-electron chi connectivity index (χ4n) is 3.22. The summed E-state index contributed by atoms with van der Waals surface area (Å²) in [6.07, 6.45) is 2.21. The van der Waals surface area contributed by atoms with E-state index in [-0.39, 0.29) is 24.3 Å². The van der Waals surface area contributed by atoms with Crippen molar-refractivity contribution >= 4 is 42.2 Å². The van der Waals surface area contributed by atoms with Crippen molar-refractivity contribution in [1.82, 2.24) is 25.9 Å². The Hall–Kier alpha value is -4.11. The number of aromatic amines is 1. The normalized spacial score (nSPS) is 14.0. The molecule has 0 aliphatic heterocycles. The number of carboxylic acids is 1. The van der Waals surface area contributed by atoms with Gasteiger partial charge in [0.15, 0.2) is 0 Å². The van der Waals surface area contributed by atoms with Crippen molar-refractivity contribution in [3.63, 3.8) is 0 Å². The second kappa shape index (κ2) is 13.8. The van der Waals surface area contributed by atoms with Gasteiger partial charge in [-0.25, -0.2) is 9.78 Å². The number of H-pyrrole nitrogens is 1.